The first kappa shape index (κ1) is 18.0. The molecule has 9 heteroatoms. The van der Waals surface area contributed by atoms with E-state index in [-0.39, 0.29) is 23.1 Å². The molecule has 0 radical (unpaired) electrons. The van der Waals surface area contributed by atoms with Crippen molar-refractivity contribution in [1.29, 1.82) is 0 Å². The molecule has 1 aliphatic rings. The summed E-state index contributed by atoms with van der Waals surface area (Å²) in [6.45, 7) is 2.73. The largest absolute Gasteiger partial charge is 0.377 e. The number of benzene rings is 1. The lowest BCUT2D eigenvalue weighted by molar-refractivity contribution is 0.102. The smallest absolute Gasteiger partial charge is 0.257 e. The van der Waals surface area contributed by atoms with Gasteiger partial charge in [0.25, 0.3) is 5.91 Å². The number of sulfonamides is 1. The molecule has 1 aliphatic heterocycles. The van der Waals surface area contributed by atoms with E-state index < -0.39 is 15.9 Å². The number of thiazole rings is 1. The molecule has 0 saturated carbocycles. The van der Waals surface area contributed by atoms with Gasteiger partial charge in [-0.05, 0) is 38.0 Å². The van der Waals surface area contributed by atoms with Crippen molar-refractivity contribution in [2.45, 2.75) is 30.8 Å². The van der Waals surface area contributed by atoms with Gasteiger partial charge in [-0.3, -0.25) is 10.1 Å². The van der Waals surface area contributed by atoms with Crippen molar-refractivity contribution in [2.24, 2.45) is 0 Å². The standard InChI is InChI=1S/C16H19N3O4S2/c1-11-10-24-16(18-11)19-15(20)12-4-2-6-14(8-12)25(21,22)17-9-13-5-3-7-23-13/h2,4,6,8,10,13,17H,3,5,7,9H2,1H3,(H,18,19,20)/t13-/m0/s1. The molecular formula is C16H19N3O4S2. The quantitative estimate of drug-likeness (QED) is 0.799. The van der Waals surface area contributed by atoms with Gasteiger partial charge in [-0.25, -0.2) is 18.1 Å². The molecule has 1 atom stereocenters. The molecule has 0 aliphatic carbocycles. The number of carbonyl (C=O) groups is 1. The molecule has 25 heavy (non-hydrogen) atoms. The summed E-state index contributed by atoms with van der Waals surface area (Å²) in [4.78, 5) is 16.5. The maximum Gasteiger partial charge on any atom is 0.257 e. The number of nitrogens with zero attached hydrogens (tertiary/aromatic N) is 1. The number of carbonyl (C=O) groups excluding carboxylic acids is 1. The molecule has 0 bridgehead atoms. The van der Waals surface area contributed by atoms with Crippen LogP contribution in [0.25, 0.3) is 0 Å². The van der Waals surface area contributed by atoms with Crippen molar-refractivity contribution in [1.82, 2.24) is 9.71 Å². The number of aromatic nitrogens is 1. The summed E-state index contributed by atoms with van der Waals surface area (Å²) >= 11 is 1.32. The molecule has 1 aromatic carbocycles. The number of rotatable bonds is 6. The van der Waals surface area contributed by atoms with Gasteiger partial charge in [-0.1, -0.05) is 6.07 Å². The predicted molar refractivity (Wildman–Crippen MR) is 95.4 cm³/mol. The lowest BCUT2D eigenvalue weighted by Gasteiger charge is -2.12. The van der Waals surface area contributed by atoms with Crippen LogP contribution in [-0.4, -0.2) is 38.6 Å². The molecule has 0 unspecified atom stereocenters. The topological polar surface area (TPSA) is 97.4 Å². The lowest BCUT2D eigenvalue weighted by atomic mass is 10.2. The minimum atomic E-state index is -3.70. The van der Waals surface area contributed by atoms with Crippen molar-refractivity contribution >= 4 is 32.4 Å². The number of aryl methyl sites for hydroxylation is 1. The van der Waals surface area contributed by atoms with Gasteiger partial charge in [0.1, 0.15) is 0 Å². The van der Waals surface area contributed by atoms with E-state index in [0.29, 0.717) is 11.7 Å². The number of amides is 1. The van der Waals surface area contributed by atoms with Gasteiger partial charge >= 0.3 is 0 Å². The molecule has 1 aromatic heterocycles. The molecule has 3 rings (SSSR count). The highest BCUT2D eigenvalue weighted by Gasteiger charge is 2.21. The van der Waals surface area contributed by atoms with Crippen molar-refractivity contribution in [3.63, 3.8) is 0 Å². The molecule has 2 heterocycles. The van der Waals surface area contributed by atoms with Crippen molar-refractivity contribution in [3.8, 4) is 0 Å². The second-order valence-corrected chi connectivity index (χ2v) is 8.39. The van der Waals surface area contributed by atoms with Crippen LogP contribution in [0.15, 0.2) is 34.5 Å². The Balaban J connectivity index is 1.70. The van der Waals surface area contributed by atoms with Crippen LogP contribution in [0.2, 0.25) is 0 Å². The Morgan fingerprint density at radius 2 is 2.28 bits per heavy atom. The minimum Gasteiger partial charge on any atom is -0.377 e. The summed E-state index contributed by atoms with van der Waals surface area (Å²) in [5.74, 6) is -0.398. The summed E-state index contributed by atoms with van der Waals surface area (Å²) in [5, 5.41) is 4.97. The monoisotopic (exact) mass is 381 g/mol. The summed E-state index contributed by atoms with van der Waals surface area (Å²) in [6.07, 6.45) is 1.70. The molecule has 1 fully saturated rings. The third-order valence-electron chi connectivity index (χ3n) is 3.77. The molecule has 2 N–H and O–H groups in total. The zero-order valence-electron chi connectivity index (χ0n) is 13.7. The van der Waals surface area contributed by atoms with Crippen molar-refractivity contribution < 1.29 is 17.9 Å². The summed E-state index contributed by atoms with van der Waals surface area (Å²) < 4.78 is 32.8. The number of hydrogen-bond acceptors (Lipinski definition) is 6. The number of hydrogen-bond donors (Lipinski definition) is 2. The van der Waals surface area contributed by atoms with E-state index in [1.54, 1.807) is 12.1 Å². The predicted octanol–water partition coefficient (Wildman–Crippen LogP) is 2.16. The van der Waals surface area contributed by atoms with E-state index in [2.05, 4.69) is 15.0 Å². The van der Waals surface area contributed by atoms with Crippen LogP contribution in [0.5, 0.6) is 0 Å². The highest BCUT2D eigenvalue weighted by molar-refractivity contribution is 7.89. The molecular weight excluding hydrogens is 362 g/mol. The normalized spacial score (nSPS) is 17.6. The molecule has 0 spiro atoms. The average molecular weight is 381 g/mol. The Kier molecular flexibility index (Phi) is 5.48. The van der Waals surface area contributed by atoms with Crippen molar-refractivity contribution in [3.05, 3.63) is 40.9 Å². The van der Waals surface area contributed by atoms with Crippen LogP contribution in [0.1, 0.15) is 28.9 Å². The average Bonchev–Trinajstić information content (AvgIpc) is 3.25. The molecule has 134 valence electrons. The molecule has 1 amide bonds. The fourth-order valence-electron chi connectivity index (χ4n) is 2.48. The maximum atomic E-state index is 12.4. The number of ether oxygens (including phenoxy) is 1. The Labute approximate surface area is 150 Å². The fourth-order valence-corrected chi connectivity index (χ4v) is 4.27. The second kappa shape index (κ2) is 7.61. The number of anilines is 1. The maximum absolute atomic E-state index is 12.4. The third kappa shape index (κ3) is 4.63. The van der Waals surface area contributed by atoms with E-state index in [4.69, 9.17) is 4.74 Å². The van der Waals surface area contributed by atoms with Crippen LogP contribution in [0, 0.1) is 6.92 Å². The second-order valence-electron chi connectivity index (χ2n) is 5.76. The van der Waals surface area contributed by atoms with Gasteiger partial charge in [0.2, 0.25) is 10.0 Å². The van der Waals surface area contributed by atoms with E-state index in [1.165, 1.54) is 23.5 Å². The highest BCUT2D eigenvalue weighted by atomic mass is 32.2. The third-order valence-corrected chi connectivity index (χ3v) is 6.07. The zero-order valence-corrected chi connectivity index (χ0v) is 15.3. The first-order valence-corrected chi connectivity index (χ1v) is 10.3. The fraction of sp³-hybridized carbons (Fsp3) is 0.375. The van der Waals surface area contributed by atoms with Gasteiger partial charge in [-0.2, -0.15) is 0 Å². The van der Waals surface area contributed by atoms with Crippen LogP contribution < -0.4 is 10.0 Å². The highest BCUT2D eigenvalue weighted by Crippen LogP contribution is 2.18. The van der Waals surface area contributed by atoms with Gasteiger partial charge in [0.05, 0.1) is 16.7 Å². The van der Waals surface area contributed by atoms with E-state index in [0.717, 1.165) is 18.5 Å². The summed E-state index contributed by atoms with van der Waals surface area (Å²) in [7, 11) is -3.70. The Hall–Kier alpha value is -1.81. The SMILES string of the molecule is Cc1csc(NC(=O)c2cccc(S(=O)(=O)NC[C@@H]3CCCO3)c2)n1. The van der Waals surface area contributed by atoms with Gasteiger partial charge in [-0.15, -0.1) is 11.3 Å². The molecule has 1 saturated heterocycles. The van der Waals surface area contributed by atoms with Crippen LogP contribution in [0.3, 0.4) is 0 Å². The van der Waals surface area contributed by atoms with Gasteiger partial charge in [0.15, 0.2) is 5.13 Å². The van der Waals surface area contributed by atoms with Gasteiger partial charge in [0, 0.05) is 24.1 Å². The van der Waals surface area contributed by atoms with E-state index in [1.807, 2.05) is 12.3 Å². The Morgan fingerprint density at radius 3 is 2.96 bits per heavy atom. The van der Waals surface area contributed by atoms with Gasteiger partial charge < -0.3 is 4.74 Å². The van der Waals surface area contributed by atoms with E-state index in [9.17, 15) is 13.2 Å². The first-order chi connectivity index (χ1) is 11.9. The molecule has 7 nitrogen and oxygen atoms in total. The minimum absolute atomic E-state index is 0.0495. The zero-order chi connectivity index (χ0) is 17.9. The summed E-state index contributed by atoms with van der Waals surface area (Å²) in [6, 6.07) is 5.92. The lowest BCUT2D eigenvalue weighted by Crippen LogP contribution is -2.32. The van der Waals surface area contributed by atoms with Crippen molar-refractivity contribution in [2.75, 3.05) is 18.5 Å². The molecule has 2 aromatic rings. The van der Waals surface area contributed by atoms with E-state index >= 15 is 0 Å². The van der Waals surface area contributed by atoms with Crippen LogP contribution >= 0.6 is 11.3 Å². The number of nitrogens with one attached hydrogen (secondary N) is 2. The summed E-state index contributed by atoms with van der Waals surface area (Å²) in [5.41, 5.74) is 1.07. The Morgan fingerprint density at radius 1 is 1.44 bits per heavy atom. The van der Waals surface area contributed by atoms with Crippen LogP contribution in [0.4, 0.5) is 5.13 Å². The Bertz CT molecular complexity index is 858. The first-order valence-electron chi connectivity index (χ1n) is 7.89. The van der Waals surface area contributed by atoms with Crippen LogP contribution in [-0.2, 0) is 14.8 Å².